The van der Waals surface area contributed by atoms with E-state index in [-0.39, 0.29) is 23.6 Å². The first kappa shape index (κ1) is 12.1. The highest BCUT2D eigenvalue weighted by molar-refractivity contribution is 5.84. The fourth-order valence-corrected chi connectivity index (χ4v) is 2.34. The number of carbonyl (C=O) groups excluding carboxylic acids is 1. The van der Waals surface area contributed by atoms with Crippen molar-refractivity contribution in [2.75, 3.05) is 26.3 Å². The summed E-state index contributed by atoms with van der Waals surface area (Å²) in [5.41, 5.74) is -0.0750. The second-order valence-corrected chi connectivity index (χ2v) is 4.85. The lowest BCUT2D eigenvalue weighted by Crippen LogP contribution is -2.52. The molecular formula is C11H14N4O4. The van der Waals surface area contributed by atoms with Crippen molar-refractivity contribution in [3.63, 3.8) is 0 Å². The van der Waals surface area contributed by atoms with Crippen molar-refractivity contribution in [1.82, 2.24) is 19.9 Å². The molecule has 2 fully saturated rings. The van der Waals surface area contributed by atoms with Crippen LogP contribution in [0.25, 0.3) is 0 Å². The van der Waals surface area contributed by atoms with E-state index in [0.29, 0.717) is 26.3 Å². The predicted molar refractivity (Wildman–Crippen MR) is 61.5 cm³/mol. The molecule has 1 atom stereocenters. The first-order valence-electron chi connectivity index (χ1n) is 6.17. The van der Waals surface area contributed by atoms with Gasteiger partial charge in [-0.1, -0.05) is 5.21 Å². The van der Waals surface area contributed by atoms with Crippen molar-refractivity contribution in [3.05, 3.63) is 11.9 Å². The van der Waals surface area contributed by atoms with Gasteiger partial charge in [0.05, 0.1) is 24.8 Å². The van der Waals surface area contributed by atoms with Crippen LogP contribution in [0, 0.1) is 5.92 Å². The van der Waals surface area contributed by atoms with Crippen LogP contribution in [0.1, 0.15) is 23.0 Å². The molecule has 1 aromatic rings. The number of rotatable bonds is 3. The smallest absolute Gasteiger partial charge is 0.358 e. The maximum atomic E-state index is 12.0. The van der Waals surface area contributed by atoms with Crippen molar-refractivity contribution in [3.8, 4) is 0 Å². The highest BCUT2D eigenvalue weighted by Gasteiger charge is 2.37. The summed E-state index contributed by atoms with van der Waals surface area (Å²) in [6, 6.07) is 0.0203. The first-order chi connectivity index (χ1) is 9.15. The Morgan fingerprint density at radius 2 is 2.21 bits per heavy atom. The standard InChI is InChI=1S/C11H14N4O4/c16-10(7-1-2-19-6-7)14-3-8(4-14)15-5-9(11(17)18)12-13-15/h5,7-8H,1-4,6H2,(H,17,18). The lowest BCUT2D eigenvalue weighted by Gasteiger charge is -2.40. The number of ether oxygens (including phenoxy) is 1. The number of carbonyl (C=O) groups is 2. The van der Waals surface area contributed by atoms with Gasteiger partial charge in [-0.05, 0) is 6.42 Å². The van der Waals surface area contributed by atoms with Crippen LogP contribution in [0.2, 0.25) is 0 Å². The maximum Gasteiger partial charge on any atom is 0.358 e. The molecule has 3 rings (SSSR count). The molecule has 8 nitrogen and oxygen atoms in total. The van der Waals surface area contributed by atoms with Gasteiger partial charge in [-0.3, -0.25) is 4.79 Å². The van der Waals surface area contributed by atoms with Crippen molar-refractivity contribution in [1.29, 1.82) is 0 Å². The van der Waals surface area contributed by atoms with E-state index in [1.807, 2.05) is 0 Å². The third-order valence-electron chi connectivity index (χ3n) is 3.56. The molecule has 1 aromatic heterocycles. The van der Waals surface area contributed by atoms with Crippen molar-refractivity contribution < 1.29 is 19.4 Å². The molecule has 0 aliphatic carbocycles. The number of nitrogens with zero attached hydrogens (tertiary/aromatic N) is 4. The average Bonchev–Trinajstić information content (AvgIpc) is 2.98. The van der Waals surface area contributed by atoms with E-state index >= 15 is 0 Å². The Morgan fingerprint density at radius 1 is 1.42 bits per heavy atom. The van der Waals surface area contributed by atoms with Gasteiger partial charge in [-0.2, -0.15) is 0 Å². The Bertz CT molecular complexity index is 503. The molecule has 19 heavy (non-hydrogen) atoms. The number of amides is 1. The summed E-state index contributed by atoms with van der Waals surface area (Å²) in [6.07, 6.45) is 2.18. The second kappa shape index (κ2) is 4.61. The minimum Gasteiger partial charge on any atom is -0.476 e. The van der Waals surface area contributed by atoms with E-state index in [0.717, 1.165) is 6.42 Å². The fraction of sp³-hybridized carbons (Fsp3) is 0.636. The molecule has 1 amide bonds. The van der Waals surface area contributed by atoms with Gasteiger partial charge >= 0.3 is 5.97 Å². The normalized spacial score (nSPS) is 23.4. The van der Waals surface area contributed by atoms with Gasteiger partial charge in [0.25, 0.3) is 0 Å². The van der Waals surface area contributed by atoms with Crippen molar-refractivity contribution >= 4 is 11.9 Å². The maximum absolute atomic E-state index is 12.0. The predicted octanol–water partition coefficient (Wildman–Crippen LogP) is -0.604. The molecule has 0 aromatic carbocycles. The fourth-order valence-electron chi connectivity index (χ4n) is 2.34. The van der Waals surface area contributed by atoms with Crippen LogP contribution in [0.15, 0.2) is 6.20 Å². The summed E-state index contributed by atoms with van der Waals surface area (Å²) in [5, 5.41) is 16.1. The lowest BCUT2D eigenvalue weighted by atomic mass is 10.0. The topological polar surface area (TPSA) is 97.5 Å². The lowest BCUT2D eigenvalue weighted by molar-refractivity contribution is -0.141. The zero-order chi connectivity index (χ0) is 13.4. The Morgan fingerprint density at radius 3 is 2.79 bits per heavy atom. The van der Waals surface area contributed by atoms with Crippen molar-refractivity contribution in [2.45, 2.75) is 12.5 Å². The van der Waals surface area contributed by atoms with Gasteiger partial charge in [-0.15, -0.1) is 5.10 Å². The summed E-state index contributed by atoms with van der Waals surface area (Å²) in [5.74, 6) is -1.000. The van der Waals surface area contributed by atoms with Crippen LogP contribution in [-0.4, -0.2) is 63.2 Å². The third kappa shape index (κ3) is 2.19. The Balaban J connectivity index is 1.56. The highest BCUT2D eigenvalue weighted by Crippen LogP contribution is 2.25. The summed E-state index contributed by atoms with van der Waals surface area (Å²) in [6.45, 7) is 2.26. The van der Waals surface area contributed by atoms with Crippen LogP contribution < -0.4 is 0 Å². The Kier molecular flexibility index (Phi) is 2.94. The number of aromatic nitrogens is 3. The molecule has 3 heterocycles. The molecule has 2 aliphatic rings. The van der Waals surface area contributed by atoms with Crippen LogP contribution in [0.4, 0.5) is 0 Å². The van der Waals surface area contributed by atoms with Gasteiger partial charge in [-0.25, -0.2) is 9.48 Å². The van der Waals surface area contributed by atoms with Gasteiger partial charge < -0.3 is 14.7 Å². The molecule has 0 spiro atoms. The molecule has 2 aliphatic heterocycles. The molecule has 8 heteroatoms. The minimum absolute atomic E-state index is 0.0203. The summed E-state index contributed by atoms with van der Waals surface area (Å²) in [7, 11) is 0. The zero-order valence-corrected chi connectivity index (χ0v) is 10.2. The van der Waals surface area contributed by atoms with E-state index in [4.69, 9.17) is 9.84 Å². The van der Waals surface area contributed by atoms with E-state index in [1.54, 1.807) is 4.90 Å². The third-order valence-corrected chi connectivity index (χ3v) is 3.56. The average molecular weight is 266 g/mol. The molecule has 1 unspecified atom stereocenters. The van der Waals surface area contributed by atoms with Gasteiger partial charge in [0.15, 0.2) is 5.69 Å². The monoisotopic (exact) mass is 266 g/mol. The molecule has 0 bridgehead atoms. The number of hydrogen-bond donors (Lipinski definition) is 1. The number of hydrogen-bond acceptors (Lipinski definition) is 5. The van der Waals surface area contributed by atoms with Crippen LogP contribution in [0.5, 0.6) is 0 Å². The summed E-state index contributed by atoms with van der Waals surface area (Å²) >= 11 is 0. The Hall–Kier alpha value is -1.96. The number of carboxylic acids is 1. The van der Waals surface area contributed by atoms with Crippen molar-refractivity contribution in [2.24, 2.45) is 5.92 Å². The van der Waals surface area contributed by atoms with Gasteiger partial charge in [0.2, 0.25) is 5.91 Å². The zero-order valence-electron chi connectivity index (χ0n) is 10.2. The number of carboxylic acid groups (broad SMARTS) is 1. The van der Waals surface area contributed by atoms with Gasteiger partial charge in [0.1, 0.15) is 0 Å². The molecule has 0 radical (unpaired) electrons. The molecular weight excluding hydrogens is 252 g/mol. The summed E-state index contributed by atoms with van der Waals surface area (Å²) < 4.78 is 6.71. The quantitative estimate of drug-likeness (QED) is 0.784. The minimum atomic E-state index is -1.10. The largest absolute Gasteiger partial charge is 0.476 e. The highest BCUT2D eigenvalue weighted by atomic mass is 16.5. The van der Waals surface area contributed by atoms with E-state index < -0.39 is 5.97 Å². The van der Waals surface area contributed by atoms with Crippen LogP contribution in [0.3, 0.4) is 0 Å². The molecule has 2 saturated heterocycles. The number of likely N-dealkylation sites (tertiary alicyclic amines) is 1. The van der Waals surface area contributed by atoms with E-state index in [9.17, 15) is 9.59 Å². The molecule has 1 N–H and O–H groups in total. The van der Waals surface area contributed by atoms with Gasteiger partial charge in [0, 0.05) is 19.7 Å². The SMILES string of the molecule is O=C(O)c1cn(C2CN(C(=O)C3CCOC3)C2)nn1. The number of aromatic carboxylic acids is 1. The van der Waals surface area contributed by atoms with E-state index in [2.05, 4.69) is 10.3 Å². The van der Waals surface area contributed by atoms with E-state index in [1.165, 1.54) is 10.9 Å². The second-order valence-electron chi connectivity index (χ2n) is 4.85. The Labute approximate surface area is 108 Å². The summed E-state index contributed by atoms with van der Waals surface area (Å²) in [4.78, 5) is 24.5. The molecule has 0 saturated carbocycles. The molecule has 102 valence electrons. The van der Waals surface area contributed by atoms with Crippen LogP contribution in [-0.2, 0) is 9.53 Å². The first-order valence-corrected chi connectivity index (χ1v) is 6.17. The van der Waals surface area contributed by atoms with Crippen LogP contribution >= 0.6 is 0 Å².